The van der Waals surface area contributed by atoms with Crippen LogP contribution in [0.5, 0.6) is 5.75 Å². The molecule has 0 saturated heterocycles. The maximum absolute atomic E-state index is 12.2. The number of imide groups is 1. The van der Waals surface area contributed by atoms with E-state index in [9.17, 15) is 19.5 Å². The first-order chi connectivity index (χ1) is 12.0. The minimum Gasteiger partial charge on any atom is -0.490 e. The molecule has 1 N–H and O–H groups in total. The van der Waals surface area contributed by atoms with E-state index in [0.29, 0.717) is 10.8 Å². The number of hydroxylamine groups is 2. The number of carbonyl (C=O) groups excluding carboxylic acids is 2. The molecule has 3 rings (SSSR count). The number of halogens is 1. The molecule has 0 spiro atoms. The molecular weight excluding hydrogens is 394 g/mol. The first-order valence-corrected chi connectivity index (χ1v) is 8.02. The summed E-state index contributed by atoms with van der Waals surface area (Å²) in [4.78, 5) is 40.9. The highest BCUT2D eigenvalue weighted by molar-refractivity contribution is 9.10. The van der Waals surface area contributed by atoms with Crippen LogP contribution in [0.4, 0.5) is 0 Å². The van der Waals surface area contributed by atoms with Crippen molar-refractivity contribution in [3.05, 3.63) is 64.1 Å². The second-order valence-electron chi connectivity index (χ2n) is 5.15. The zero-order valence-corrected chi connectivity index (χ0v) is 14.3. The van der Waals surface area contributed by atoms with Crippen molar-refractivity contribution in [1.29, 1.82) is 0 Å². The van der Waals surface area contributed by atoms with Gasteiger partial charge >= 0.3 is 5.97 Å². The monoisotopic (exact) mass is 405 g/mol. The highest BCUT2D eigenvalue weighted by atomic mass is 79.9. The first kappa shape index (κ1) is 17.1. The van der Waals surface area contributed by atoms with Gasteiger partial charge in [0.05, 0.1) is 11.1 Å². The van der Waals surface area contributed by atoms with Crippen LogP contribution in [0, 0.1) is 0 Å². The van der Waals surface area contributed by atoms with E-state index in [1.54, 1.807) is 36.4 Å². The third kappa shape index (κ3) is 3.54. The van der Waals surface area contributed by atoms with Gasteiger partial charge in [-0.3, -0.25) is 9.59 Å². The summed E-state index contributed by atoms with van der Waals surface area (Å²) in [6, 6.07) is 12.9. The summed E-state index contributed by atoms with van der Waals surface area (Å²) >= 11 is 3.28. The van der Waals surface area contributed by atoms with Crippen LogP contribution in [0.15, 0.2) is 53.0 Å². The van der Waals surface area contributed by atoms with Gasteiger partial charge in [0.25, 0.3) is 11.8 Å². The molecule has 0 unspecified atom stereocenters. The quantitative estimate of drug-likeness (QED) is 0.742. The van der Waals surface area contributed by atoms with Crippen LogP contribution in [0.25, 0.3) is 0 Å². The minimum absolute atomic E-state index is 0.172. The average Bonchev–Trinajstić information content (AvgIpc) is 2.84. The molecule has 0 bridgehead atoms. The summed E-state index contributed by atoms with van der Waals surface area (Å²) in [7, 11) is 0. The van der Waals surface area contributed by atoms with Crippen molar-refractivity contribution in [2.45, 2.75) is 6.10 Å². The number of benzene rings is 2. The molecule has 1 aliphatic heterocycles. The third-order valence-corrected chi connectivity index (χ3v) is 4.01. The number of aliphatic carboxylic acids is 1. The van der Waals surface area contributed by atoms with E-state index < -0.39 is 23.9 Å². The molecule has 1 heterocycles. The fourth-order valence-electron chi connectivity index (χ4n) is 2.24. The number of carboxylic acids is 1. The number of carbonyl (C=O) groups is 3. The van der Waals surface area contributed by atoms with E-state index >= 15 is 0 Å². The molecule has 0 radical (unpaired) electrons. The van der Waals surface area contributed by atoms with Crippen molar-refractivity contribution in [2.75, 3.05) is 6.61 Å². The molecule has 0 saturated carbocycles. The van der Waals surface area contributed by atoms with E-state index in [-0.39, 0.29) is 17.7 Å². The van der Waals surface area contributed by atoms with Crippen molar-refractivity contribution in [3.63, 3.8) is 0 Å². The Morgan fingerprint density at radius 2 is 1.60 bits per heavy atom. The second-order valence-corrected chi connectivity index (χ2v) is 6.06. The number of hydrogen-bond donors (Lipinski definition) is 1. The largest absolute Gasteiger partial charge is 0.490 e. The Hall–Kier alpha value is -2.71. The van der Waals surface area contributed by atoms with Crippen LogP contribution < -0.4 is 4.74 Å². The van der Waals surface area contributed by atoms with Gasteiger partial charge in [-0.25, -0.2) is 9.63 Å². The zero-order valence-electron chi connectivity index (χ0n) is 12.7. The number of amides is 2. The molecule has 1 aliphatic rings. The van der Waals surface area contributed by atoms with Crippen molar-refractivity contribution < 1.29 is 29.1 Å². The summed E-state index contributed by atoms with van der Waals surface area (Å²) in [6.07, 6.45) is -1.52. The molecule has 0 aliphatic carbocycles. The Labute approximate surface area is 150 Å². The van der Waals surface area contributed by atoms with Gasteiger partial charge in [-0.2, -0.15) is 0 Å². The molecular formula is C17H12BrNO6. The Bertz CT molecular complexity index is 800. The molecule has 8 heteroatoms. The average molecular weight is 406 g/mol. The minimum atomic E-state index is -1.52. The molecule has 2 aromatic carbocycles. The van der Waals surface area contributed by atoms with Crippen LogP contribution in [0.2, 0.25) is 0 Å². The summed E-state index contributed by atoms with van der Waals surface area (Å²) in [5, 5.41) is 9.75. The number of hydrogen-bond acceptors (Lipinski definition) is 5. The Balaban J connectivity index is 1.70. The maximum atomic E-state index is 12.2. The van der Waals surface area contributed by atoms with Gasteiger partial charge in [-0.15, -0.1) is 5.06 Å². The van der Waals surface area contributed by atoms with E-state index in [1.807, 2.05) is 0 Å². The summed E-state index contributed by atoms with van der Waals surface area (Å²) in [6.45, 7) is -0.371. The molecule has 0 aromatic heterocycles. The predicted molar refractivity (Wildman–Crippen MR) is 89.1 cm³/mol. The van der Waals surface area contributed by atoms with E-state index in [0.717, 1.165) is 4.47 Å². The molecule has 128 valence electrons. The van der Waals surface area contributed by atoms with Gasteiger partial charge in [0.2, 0.25) is 6.10 Å². The molecule has 1 atom stereocenters. The van der Waals surface area contributed by atoms with Crippen LogP contribution in [0.1, 0.15) is 20.7 Å². The number of carboxylic acid groups (broad SMARTS) is 1. The fourth-order valence-corrected chi connectivity index (χ4v) is 2.50. The van der Waals surface area contributed by atoms with Gasteiger partial charge in [0.15, 0.2) is 0 Å². The van der Waals surface area contributed by atoms with Gasteiger partial charge in [-0.05, 0) is 36.4 Å². The Morgan fingerprint density at radius 1 is 1.04 bits per heavy atom. The molecule has 7 nitrogen and oxygen atoms in total. The Kier molecular flexibility index (Phi) is 4.82. The van der Waals surface area contributed by atoms with Gasteiger partial charge in [-0.1, -0.05) is 28.1 Å². The maximum Gasteiger partial charge on any atom is 0.339 e. The lowest BCUT2D eigenvalue weighted by Gasteiger charge is -2.19. The first-order valence-electron chi connectivity index (χ1n) is 7.23. The second kappa shape index (κ2) is 7.04. The van der Waals surface area contributed by atoms with Crippen molar-refractivity contribution in [1.82, 2.24) is 5.06 Å². The SMILES string of the molecule is O=C(O)[C@H](COc1ccc(Br)cc1)ON1C(=O)c2ccccc2C1=O. The molecule has 2 amide bonds. The number of ether oxygens (including phenoxy) is 1. The molecule has 2 aromatic rings. The van der Waals surface area contributed by atoms with E-state index in [4.69, 9.17) is 9.57 Å². The lowest BCUT2D eigenvalue weighted by Crippen LogP contribution is -2.41. The van der Waals surface area contributed by atoms with Crippen molar-refractivity contribution >= 4 is 33.7 Å². The van der Waals surface area contributed by atoms with Crippen molar-refractivity contribution in [3.8, 4) is 5.75 Å². The highest BCUT2D eigenvalue weighted by Gasteiger charge is 2.39. The summed E-state index contributed by atoms with van der Waals surface area (Å²) < 4.78 is 6.21. The fraction of sp³-hybridized carbons (Fsp3) is 0.118. The number of rotatable bonds is 6. The zero-order chi connectivity index (χ0) is 18.0. The van der Waals surface area contributed by atoms with Crippen LogP contribution >= 0.6 is 15.9 Å². The predicted octanol–water partition coefficient (Wildman–Crippen LogP) is 2.51. The van der Waals surface area contributed by atoms with Gasteiger partial charge in [0.1, 0.15) is 12.4 Å². The van der Waals surface area contributed by atoms with Gasteiger partial charge in [0, 0.05) is 4.47 Å². The van der Waals surface area contributed by atoms with Gasteiger partial charge < -0.3 is 9.84 Å². The summed E-state index contributed by atoms with van der Waals surface area (Å²) in [5.41, 5.74) is 0.343. The summed E-state index contributed by atoms with van der Waals surface area (Å²) in [5.74, 6) is -2.32. The third-order valence-electron chi connectivity index (χ3n) is 3.48. The lowest BCUT2D eigenvalue weighted by atomic mass is 10.1. The van der Waals surface area contributed by atoms with Crippen LogP contribution in [0.3, 0.4) is 0 Å². The lowest BCUT2D eigenvalue weighted by molar-refractivity contribution is -0.178. The normalized spacial score (nSPS) is 14.4. The van der Waals surface area contributed by atoms with Crippen molar-refractivity contribution in [2.24, 2.45) is 0 Å². The smallest absolute Gasteiger partial charge is 0.339 e. The van der Waals surface area contributed by atoms with E-state index in [2.05, 4.69) is 15.9 Å². The molecule has 0 fully saturated rings. The van der Waals surface area contributed by atoms with E-state index in [1.165, 1.54) is 12.1 Å². The number of nitrogens with zero attached hydrogens (tertiary/aromatic N) is 1. The topological polar surface area (TPSA) is 93.1 Å². The standard InChI is InChI=1S/C17H12BrNO6/c18-10-5-7-11(8-6-10)24-9-14(17(22)23)25-19-15(20)12-3-1-2-4-13(12)16(19)21/h1-8,14H,9H2,(H,22,23)/t14-/m0/s1. The van der Waals surface area contributed by atoms with Crippen LogP contribution in [-0.2, 0) is 9.63 Å². The Morgan fingerprint density at radius 3 is 2.12 bits per heavy atom. The molecule has 25 heavy (non-hydrogen) atoms. The highest BCUT2D eigenvalue weighted by Crippen LogP contribution is 2.24. The van der Waals surface area contributed by atoms with Crippen LogP contribution in [-0.4, -0.2) is 40.7 Å². The number of fused-ring (bicyclic) bond motifs is 1.